The van der Waals surface area contributed by atoms with E-state index in [2.05, 4.69) is 16.0 Å². The minimum absolute atomic E-state index is 0.0330. The number of cyclic esters (lactones) is 2. The van der Waals surface area contributed by atoms with Gasteiger partial charge in [-0.05, 0) is 87.8 Å². The van der Waals surface area contributed by atoms with E-state index in [0.717, 1.165) is 4.90 Å². The number of aliphatic hydroxyl groups excluding tert-OH is 2. The number of carbonyl (C=O) groups excluding carboxylic acids is 10. The number of methoxy groups -OCH3 is 1. The molecule has 1 aromatic rings. The number of aliphatic hydroxyl groups is 2. The number of likely N-dealkylation sites (N-methyl/N-ethyl adjacent to an activating group) is 2. The third-order valence-electron chi connectivity index (χ3n) is 15.2. The molecule has 0 unspecified atom stereocenters. The number of nitrogens with zero attached hydrogens (tertiary/aromatic N) is 4. The van der Waals surface area contributed by atoms with Crippen LogP contribution in [0.25, 0.3) is 0 Å². The highest BCUT2D eigenvalue weighted by molar-refractivity contribution is 6.05. The Morgan fingerprint density at radius 3 is 2.11 bits per heavy atom. The van der Waals surface area contributed by atoms with Crippen molar-refractivity contribution in [2.75, 3.05) is 34.3 Å². The first-order valence-electron chi connectivity index (χ1n) is 27.7. The molecule has 3 aliphatic heterocycles. The minimum atomic E-state index is -1.78. The molecule has 0 radical (unpaired) electrons. The Kier molecular flexibility index (Phi) is 24.0. The molecule has 0 bridgehead atoms. The first kappa shape index (κ1) is 65.1. The van der Waals surface area contributed by atoms with Gasteiger partial charge in [0, 0.05) is 33.6 Å². The van der Waals surface area contributed by atoms with Gasteiger partial charge >= 0.3 is 11.9 Å². The summed E-state index contributed by atoms with van der Waals surface area (Å²) < 4.78 is 17.2. The van der Waals surface area contributed by atoms with Crippen LogP contribution in [0.1, 0.15) is 120 Å². The zero-order valence-corrected chi connectivity index (χ0v) is 48.6. The second-order valence-corrected chi connectivity index (χ2v) is 22.6. The first-order valence-corrected chi connectivity index (χ1v) is 27.7. The van der Waals surface area contributed by atoms with Crippen LogP contribution in [0.5, 0.6) is 5.75 Å². The molecule has 13 atom stereocenters. The molecule has 79 heavy (non-hydrogen) atoms. The Bertz CT molecular complexity index is 2380. The molecule has 2 fully saturated rings. The van der Waals surface area contributed by atoms with Crippen molar-refractivity contribution in [1.29, 1.82) is 0 Å². The summed E-state index contributed by atoms with van der Waals surface area (Å²) in [6, 6.07) is -2.45. The Hall–Kier alpha value is -6.42. The predicted molar refractivity (Wildman–Crippen MR) is 290 cm³/mol. The molecular formula is C57H87N7O15. The Balaban J connectivity index is 1.89. The number of nitrogens with one attached hydrogen (secondary N) is 3. The molecular weight excluding hydrogens is 1020 g/mol. The van der Waals surface area contributed by atoms with Crippen molar-refractivity contribution in [2.24, 2.45) is 29.6 Å². The molecule has 4 rings (SSSR count). The highest BCUT2D eigenvalue weighted by atomic mass is 16.6. The molecule has 3 aliphatic rings. The number of rotatable bonds is 15. The fourth-order valence-electron chi connectivity index (χ4n) is 10.2. The summed E-state index contributed by atoms with van der Waals surface area (Å²) in [4.78, 5) is 148. The number of ether oxygens (including phenoxy) is 3. The van der Waals surface area contributed by atoms with E-state index in [1.54, 1.807) is 58.0 Å². The molecule has 440 valence electrons. The highest BCUT2D eigenvalue weighted by Gasteiger charge is 2.45. The zero-order chi connectivity index (χ0) is 59.3. The van der Waals surface area contributed by atoms with Crippen LogP contribution in [0.4, 0.5) is 0 Å². The van der Waals surface area contributed by atoms with Crippen molar-refractivity contribution in [3.05, 3.63) is 42.0 Å². The van der Waals surface area contributed by atoms with Crippen molar-refractivity contribution in [2.45, 2.75) is 188 Å². The van der Waals surface area contributed by atoms with E-state index in [1.165, 1.54) is 62.8 Å². The van der Waals surface area contributed by atoms with Gasteiger partial charge in [-0.25, -0.2) is 4.79 Å². The standard InChI is InChI=1S/C57H87N7O15/c1-15-33(8)46-44(66)29-45(67)79-49(32(6)7)48(68)34(9)50(69)58-39(26-30(2)3)54(73)64-25-17-19-41(64)56(75)62(13)43(28-37-20-22-38(77-14)23-21-37)57(76)78-36(11)47(52(71)59-46)60-51(70)42(27-31(4)5)61(12)55(74)40-18-16-24-63(40)53(72)35(10)65/h16,18,20-23,30-36,39-44,46-47,49,65-66H,15,17,19,24-29H2,1-14H3,(H,58,69)(H,59,71)(H,60,70)/t33-,34-,35-,36+,39-,40-,41-,42+,43-,44-,46+,47+,49-/m0/s1. The van der Waals surface area contributed by atoms with Crippen LogP contribution in [-0.4, -0.2) is 190 Å². The van der Waals surface area contributed by atoms with Gasteiger partial charge in [-0.2, -0.15) is 0 Å². The number of amides is 7. The van der Waals surface area contributed by atoms with Crippen LogP contribution in [0, 0.1) is 29.6 Å². The van der Waals surface area contributed by atoms with E-state index in [4.69, 9.17) is 14.2 Å². The topological polar surface area (TPSA) is 288 Å². The van der Waals surface area contributed by atoms with Crippen molar-refractivity contribution < 1.29 is 72.4 Å². The SMILES string of the molecule is CC[C@H](C)[C@H]1NC(=O)[C@H](NC(=O)[C@@H](CC(C)C)N(C)C(=O)[C@@H]2C=CCN2C(=O)[C@H](C)O)[C@@H](C)OC(=O)[C@H](Cc2ccc(OC)cc2)N(C)C(=O)[C@@H]2CCCN2C(=O)[C@H](CC(C)C)NC(=O)[C@@H](C)C(=O)[C@H](C(C)C)OC(=O)C[C@@H]1O. The first-order chi connectivity index (χ1) is 37.0. The molecule has 0 aromatic heterocycles. The second-order valence-electron chi connectivity index (χ2n) is 22.6. The van der Waals surface area contributed by atoms with Gasteiger partial charge < -0.3 is 60.0 Å². The number of ketones is 1. The van der Waals surface area contributed by atoms with Crippen LogP contribution in [0.3, 0.4) is 0 Å². The normalized spacial score (nSPS) is 27.5. The Morgan fingerprint density at radius 2 is 1.54 bits per heavy atom. The molecule has 22 heteroatoms. The average Bonchev–Trinajstić information content (AvgIpc) is 4.13. The van der Waals surface area contributed by atoms with Gasteiger partial charge in [0.25, 0.3) is 5.91 Å². The van der Waals surface area contributed by atoms with E-state index >= 15 is 0 Å². The largest absolute Gasteiger partial charge is 0.497 e. The summed E-state index contributed by atoms with van der Waals surface area (Å²) in [5.74, 6) is -10.5. The number of carbonyl (C=O) groups is 10. The number of Topliss-reactive ketones (excluding diaryl/α,β-unsaturated/α-hetero) is 1. The highest BCUT2D eigenvalue weighted by Crippen LogP contribution is 2.27. The maximum atomic E-state index is 15.0. The molecule has 3 heterocycles. The Morgan fingerprint density at radius 1 is 0.899 bits per heavy atom. The number of benzene rings is 1. The molecule has 0 spiro atoms. The van der Waals surface area contributed by atoms with Crippen LogP contribution in [0.2, 0.25) is 0 Å². The Labute approximate surface area is 465 Å². The van der Waals surface area contributed by atoms with Gasteiger partial charge in [-0.1, -0.05) is 86.1 Å². The lowest BCUT2D eigenvalue weighted by molar-refractivity contribution is -0.163. The fourth-order valence-corrected chi connectivity index (χ4v) is 10.2. The van der Waals surface area contributed by atoms with Crippen LogP contribution in [0.15, 0.2) is 36.4 Å². The van der Waals surface area contributed by atoms with Gasteiger partial charge in [-0.3, -0.25) is 43.2 Å². The van der Waals surface area contributed by atoms with Gasteiger partial charge in [0.05, 0.1) is 31.6 Å². The molecule has 2 saturated heterocycles. The summed E-state index contributed by atoms with van der Waals surface area (Å²) in [6.07, 6.45) is -2.77. The maximum absolute atomic E-state index is 15.0. The van der Waals surface area contributed by atoms with E-state index in [0.29, 0.717) is 24.2 Å². The monoisotopic (exact) mass is 1110 g/mol. The lowest BCUT2D eigenvalue weighted by Crippen LogP contribution is -2.62. The lowest BCUT2D eigenvalue weighted by atomic mass is 9.91. The summed E-state index contributed by atoms with van der Waals surface area (Å²) >= 11 is 0. The van der Waals surface area contributed by atoms with Gasteiger partial charge in [-0.15, -0.1) is 0 Å². The van der Waals surface area contributed by atoms with Crippen LogP contribution < -0.4 is 20.7 Å². The van der Waals surface area contributed by atoms with E-state index < -0.39 is 150 Å². The summed E-state index contributed by atoms with van der Waals surface area (Å²) in [7, 11) is 4.25. The molecule has 0 saturated carbocycles. The molecule has 22 nitrogen and oxygen atoms in total. The molecule has 0 aliphatic carbocycles. The van der Waals surface area contributed by atoms with Crippen LogP contribution >= 0.6 is 0 Å². The van der Waals surface area contributed by atoms with E-state index in [1.807, 2.05) is 27.7 Å². The number of hydrogen-bond donors (Lipinski definition) is 5. The third-order valence-corrected chi connectivity index (χ3v) is 15.2. The van der Waals surface area contributed by atoms with Gasteiger partial charge in [0.15, 0.2) is 11.9 Å². The second kappa shape index (κ2) is 29.2. The van der Waals surface area contributed by atoms with Crippen LogP contribution in [-0.2, 0) is 63.8 Å². The zero-order valence-electron chi connectivity index (χ0n) is 48.6. The molecule has 1 aromatic carbocycles. The lowest BCUT2D eigenvalue weighted by Gasteiger charge is -2.36. The molecule has 7 amide bonds. The van der Waals surface area contributed by atoms with Crippen molar-refractivity contribution in [3.8, 4) is 5.75 Å². The number of fused-ring (bicyclic) bond motifs is 1. The van der Waals surface area contributed by atoms with E-state index in [9.17, 15) is 58.2 Å². The number of esters is 2. The predicted octanol–water partition coefficient (Wildman–Crippen LogP) is 2.09. The summed E-state index contributed by atoms with van der Waals surface area (Å²) in [5, 5.41) is 30.2. The smallest absolute Gasteiger partial charge is 0.329 e. The van der Waals surface area contributed by atoms with Crippen molar-refractivity contribution >= 4 is 59.1 Å². The quantitative estimate of drug-likeness (QED) is 0.0955. The maximum Gasteiger partial charge on any atom is 0.329 e. The summed E-state index contributed by atoms with van der Waals surface area (Å²) in [5.41, 5.74) is 0.566. The number of hydrogen-bond acceptors (Lipinski definition) is 15. The van der Waals surface area contributed by atoms with Gasteiger partial charge in [0.1, 0.15) is 54.2 Å². The summed E-state index contributed by atoms with van der Waals surface area (Å²) in [6.45, 7) is 18.1. The average molecular weight is 1110 g/mol. The molecule has 5 N–H and O–H groups in total. The van der Waals surface area contributed by atoms with Crippen molar-refractivity contribution in [1.82, 2.24) is 35.6 Å². The van der Waals surface area contributed by atoms with E-state index in [-0.39, 0.29) is 50.6 Å². The minimum Gasteiger partial charge on any atom is -0.497 e. The van der Waals surface area contributed by atoms with Crippen molar-refractivity contribution in [3.63, 3.8) is 0 Å². The fraction of sp³-hybridized carbons (Fsp3) is 0.684. The van der Waals surface area contributed by atoms with Gasteiger partial charge in [0.2, 0.25) is 35.4 Å². The third kappa shape index (κ3) is 16.8.